The van der Waals surface area contributed by atoms with E-state index in [4.69, 9.17) is 16.3 Å². The average Bonchev–Trinajstić information content (AvgIpc) is 3.18. The maximum Gasteiger partial charge on any atom is 0.358 e. The summed E-state index contributed by atoms with van der Waals surface area (Å²) in [7, 11) is 1.33. The zero-order valence-corrected chi connectivity index (χ0v) is 12.7. The number of hydrogen-bond acceptors (Lipinski definition) is 4. The molecule has 2 aromatic heterocycles. The number of aromatic nitrogens is 3. The normalized spacial score (nSPS) is 14.9. The first-order valence-corrected chi connectivity index (χ1v) is 7.04. The second kappa shape index (κ2) is 4.45. The molecule has 1 saturated carbocycles. The lowest BCUT2D eigenvalue weighted by atomic mass is 10.2. The van der Waals surface area contributed by atoms with Crippen LogP contribution in [-0.4, -0.2) is 27.7 Å². The Morgan fingerprint density at radius 3 is 2.79 bits per heavy atom. The van der Waals surface area contributed by atoms with Crippen molar-refractivity contribution in [3.05, 3.63) is 26.6 Å². The van der Waals surface area contributed by atoms with Gasteiger partial charge in [-0.05, 0) is 35.7 Å². The van der Waals surface area contributed by atoms with Gasteiger partial charge in [0, 0.05) is 5.92 Å². The highest BCUT2D eigenvalue weighted by Gasteiger charge is 2.32. The minimum absolute atomic E-state index is 0.241. The third-order valence-electron chi connectivity index (χ3n) is 3.18. The molecule has 19 heavy (non-hydrogen) atoms. The largest absolute Gasteiger partial charge is 0.464 e. The van der Waals surface area contributed by atoms with Gasteiger partial charge in [0.2, 0.25) is 0 Å². The summed E-state index contributed by atoms with van der Waals surface area (Å²) in [6, 6.07) is 0. The molecule has 0 saturated heterocycles. The van der Waals surface area contributed by atoms with Crippen LogP contribution in [0.25, 0.3) is 5.65 Å². The van der Waals surface area contributed by atoms with Gasteiger partial charge in [-0.15, -0.1) is 0 Å². The van der Waals surface area contributed by atoms with E-state index >= 15 is 0 Å². The van der Waals surface area contributed by atoms with E-state index in [1.165, 1.54) is 11.6 Å². The molecule has 1 aliphatic rings. The first kappa shape index (κ1) is 12.9. The number of aryl methyl sites for hydroxylation is 1. The number of rotatable bonds is 2. The van der Waals surface area contributed by atoms with E-state index in [0.29, 0.717) is 16.6 Å². The lowest BCUT2D eigenvalue weighted by Gasteiger charge is -2.09. The van der Waals surface area contributed by atoms with Gasteiger partial charge in [0.1, 0.15) is 0 Å². The Morgan fingerprint density at radius 2 is 2.21 bits per heavy atom. The zero-order valence-electron chi connectivity index (χ0n) is 10.4. The summed E-state index contributed by atoms with van der Waals surface area (Å²) in [5.74, 6) is -0.169. The summed E-state index contributed by atoms with van der Waals surface area (Å²) in [4.78, 5) is 16.5. The summed E-state index contributed by atoms with van der Waals surface area (Å²) in [5.41, 5.74) is 2.35. The van der Waals surface area contributed by atoms with Gasteiger partial charge in [0.25, 0.3) is 0 Å². The van der Waals surface area contributed by atoms with Crippen molar-refractivity contribution in [3.63, 3.8) is 0 Å². The van der Waals surface area contributed by atoms with Crippen LogP contribution in [0.2, 0.25) is 5.02 Å². The predicted octanol–water partition coefficient (Wildman–Crippen LogP) is 3.12. The van der Waals surface area contributed by atoms with Gasteiger partial charge in [-0.25, -0.2) is 14.3 Å². The summed E-state index contributed by atoms with van der Waals surface area (Å²) < 4.78 is 7.02. The molecule has 0 aromatic carbocycles. The van der Waals surface area contributed by atoms with Crippen LogP contribution >= 0.6 is 27.5 Å². The fourth-order valence-corrected chi connectivity index (χ4v) is 2.72. The van der Waals surface area contributed by atoms with Crippen molar-refractivity contribution in [3.8, 4) is 0 Å². The van der Waals surface area contributed by atoms with E-state index in [-0.39, 0.29) is 5.69 Å². The highest BCUT2D eigenvalue weighted by atomic mass is 79.9. The van der Waals surface area contributed by atoms with Crippen LogP contribution in [0.3, 0.4) is 0 Å². The summed E-state index contributed by atoms with van der Waals surface area (Å²) >= 11 is 9.76. The van der Waals surface area contributed by atoms with Crippen molar-refractivity contribution in [2.24, 2.45) is 0 Å². The molecule has 0 atom stereocenters. The number of nitrogens with zero attached hydrogens (tertiary/aromatic N) is 3. The van der Waals surface area contributed by atoms with Crippen molar-refractivity contribution in [1.82, 2.24) is 14.6 Å². The monoisotopic (exact) mass is 343 g/mol. The molecule has 0 aliphatic heterocycles. The fraction of sp³-hybridized carbons (Fsp3) is 0.417. The zero-order chi connectivity index (χ0) is 13.7. The van der Waals surface area contributed by atoms with Gasteiger partial charge < -0.3 is 4.74 Å². The van der Waals surface area contributed by atoms with Crippen molar-refractivity contribution in [1.29, 1.82) is 0 Å². The predicted molar refractivity (Wildman–Crippen MR) is 73.7 cm³/mol. The Bertz CT molecular complexity index is 694. The number of carbonyl (C=O) groups is 1. The number of halogens is 2. The highest BCUT2D eigenvalue weighted by molar-refractivity contribution is 9.10. The maximum atomic E-state index is 12.0. The van der Waals surface area contributed by atoms with Gasteiger partial charge in [0.05, 0.1) is 28.0 Å². The molecule has 100 valence electrons. The van der Waals surface area contributed by atoms with Gasteiger partial charge in [-0.1, -0.05) is 11.6 Å². The standard InChI is InChI=1S/C12H11BrClN3O2/c1-5-7(13)11-15-9(6-3-4-6)8(14)10(12(18)19-2)17(11)16-5/h6H,3-4H2,1-2H3. The number of fused-ring (bicyclic) bond motifs is 1. The molecular weight excluding hydrogens is 334 g/mol. The third-order valence-corrected chi connectivity index (χ3v) is 4.48. The molecule has 3 rings (SSSR count). The SMILES string of the molecule is COC(=O)c1c(Cl)c(C2CC2)nc2c(Br)c(C)nn12. The maximum absolute atomic E-state index is 12.0. The van der Waals surface area contributed by atoms with Gasteiger partial charge in [-0.2, -0.15) is 5.10 Å². The summed E-state index contributed by atoms with van der Waals surface area (Å²) in [6.07, 6.45) is 2.10. The second-order valence-electron chi connectivity index (χ2n) is 4.56. The molecule has 0 bridgehead atoms. The number of ether oxygens (including phenoxy) is 1. The molecule has 5 nitrogen and oxygen atoms in total. The van der Waals surface area contributed by atoms with Crippen LogP contribution in [-0.2, 0) is 4.74 Å². The summed E-state index contributed by atoms with van der Waals surface area (Å²) in [5, 5.41) is 4.63. The topological polar surface area (TPSA) is 56.5 Å². The van der Waals surface area contributed by atoms with E-state index in [1.807, 2.05) is 6.92 Å². The molecule has 0 radical (unpaired) electrons. The lowest BCUT2D eigenvalue weighted by molar-refractivity contribution is 0.0590. The van der Waals surface area contributed by atoms with Crippen molar-refractivity contribution in [2.45, 2.75) is 25.7 Å². The van der Waals surface area contributed by atoms with Crippen molar-refractivity contribution < 1.29 is 9.53 Å². The quantitative estimate of drug-likeness (QED) is 0.786. The average molecular weight is 345 g/mol. The van der Waals surface area contributed by atoms with E-state index in [0.717, 1.165) is 28.7 Å². The molecule has 0 unspecified atom stereocenters. The van der Waals surface area contributed by atoms with Crippen LogP contribution in [0.1, 0.15) is 40.6 Å². The van der Waals surface area contributed by atoms with E-state index < -0.39 is 5.97 Å². The Hall–Kier alpha value is -1.14. The molecule has 0 amide bonds. The molecule has 1 fully saturated rings. The molecule has 0 N–H and O–H groups in total. The number of hydrogen-bond donors (Lipinski definition) is 0. The fourth-order valence-electron chi connectivity index (χ4n) is 2.03. The van der Waals surface area contributed by atoms with Gasteiger partial charge in [-0.3, -0.25) is 0 Å². The lowest BCUT2D eigenvalue weighted by Crippen LogP contribution is -2.13. The molecule has 2 aromatic rings. The van der Waals surface area contributed by atoms with Crippen LogP contribution in [0.5, 0.6) is 0 Å². The van der Waals surface area contributed by atoms with Crippen LogP contribution in [0, 0.1) is 6.92 Å². The molecule has 1 aliphatic carbocycles. The van der Waals surface area contributed by atoms with Gasteiger partial charge >= 0.3 is 5.97 Å². The van der Waals surface area contributed by atoms with Gasteiger partial charge in [0.15, 0.2) is 11.3 Å². The van der Waals surface area contributed by atoms with Crippen LogP contribution in [0.4, 0.5) is 0 Å². The minimum atomic E-state index is -0.505. The molecule has 7 heteroatoms. The first-order valence-electron chi connectivity index (χ1n) is 5.87. The highest BCUT2D eigenvalue weighted by Crippen LogP contribution is 2.43. The van der Waals surface area contributed by atoms with E-state index in [9.17, 15) is 4.79 Å². The van der Waals surface area contributed by atoms with Crippen LogP contribution in [0.15, 0.2) is 4.47 Å². The molecular formula is C12H11BrClN3O2. The Kier molecular flexibility index (Phi) is 3.02. The second-order valence-corrected chi connectivity index (χ2v) is 5.73. The molecule has 0 spiro atoms. The number of methoxy groups -OCH3 is 1. The summed E-state index contributed by atoms with van der Waals surface area (Å²) in [6.45, 7) is 1.84. The van der Waals surface area contributed by atoms with Crippen LogP contribution < -0.4 is 0 Å². The Balaban J connectivity index is 2.38. The molecule has 2 heterocycles. The van der Waals surface area contributed by atoms with Crippen molar-refractivity contribution >= 4 is 39.1 Å². The third kappa shape index (κ3) is 1.94. The smallest absolute Gasteiger partial charge is 0.358 e. The minimum Gasteiger partial charge on any atom is -0.464 e. The number of esters is 1. The number of carbonyl (C=O) groups excluding carboxylic acids is 1. The van der Waals surface area contributed by atoms with E-state index in [1.54, 1.807) is 0 Å². The van der Waals surface area contributed by atoms with Crippen molar-refractivity contribution in [2.75, 3.05) is 7.11 Å². The first-order chi connectivity index (χ1) is 9.04. The van der Waals surface area contributed by atoms with E-state index in [2.05, 4.69) is 26.0 Å². The Morgan fingerprint density at radius 1 is 1.53 bits per heavy atom. The Labute approximate surface area is 123 Å².